The van der Waals surface area contributed by atoms with E-state index in [9.17, 15) is 9.59 Å². The fraction of sp³-hybridized carbons (Fsp3) is 0.385. The van der Waals surface area contributed by atoms with Gasteiger partial charge >= 0.3 is 0 Å². The van der Waals surface area contributed by atoms with Gasteiger partial charge in [0.15, 0.2) is 0 Å². The van der Waals surface area contributed by atoms with Crippen molar-refractivity contribution in [2.24, 2.45) is 0 Å². The van der Waals surface area contributed by atoms with Crippen molar-refractivity contribution in [1.82, 2.24) is 10.4 Å². The fourth-order valence-electron chi connectivity index (χ4n) is 1.44. The lowest BCUT2D eigenvalue weighted by Crippen LogP contribution is -2.37. The monoisotopic (exact) mass is 250 g/mol. The van der Waals surface area contributed by atoms with E-state index in [1.807, 2.05) is 6.07 Å². The summed E-state index contributed by atoms with van der Waals surface area (Å²) in [6.45, 7) is 1.78. The molecule has 1 rings (SSSR count). The van der Waals surface area contributed by atoms with Crippen molar-refractivity contribution in [1.29, 1.82) is 0 Å². The van der Waals surface area contributed by atoms with Gasteiger partial charge in [-0.3, -0.25) is 14.4 Å². The molecule has 0 aromatic heterocycles. The molecule has 0 aliphatic heterocycles. The smallest absolute Gasteiger partial charge is 0.251 e. The Morgan fingerprint density at radius 3 is 2.50 bits per heavy atom. The number of hydroxylamine groups is 2. The quantitative estimate of drug-likeness (QED) is 0.799. The molecule has 0 fully saturated rings. The molecule has 2 amide bonds. The summed E-state index contributed by atoms with van der Waals surface area (Å²) in [6, 6.07) is 8.64. The van der Waals surface area contributed by atoms with E-state index in [2.05, 4.69) is 5.32 Å². The highest BCUT2D eigenvalue weighted by molar-refractivity contribution is 5.94. The number of nitrogens with one attached hydrogen (secondary N) is 1. The summed E-state index contributed by atoms with van der Waals surface area (Å²) in [7, 11) is 2.96. The molecule has 1 aromatic rings. The topological polar surface area (TPSA) is 58.6 Å². The Kier molecular flexibility index (Phi) is 5.32. The summed E-state index contributed by atoms with van der Waals surface area (Å²) in [5.74, 6) is -0.366. The van der Waals surface area contributed by atoms with Gasteiger partial charge in [-0.2, -0.15) is 0 Å². The molecule has 0 bridgehead atoms. The number of hydrogen-bond donors (Lipinski definition) is 1. The van der Waals surface area contributed by atoms with Gasteiger partial charge < -0.3 is 5.32 Å². The van der Waals surface area contributed by atoms with Gasteiger partial charge in [-0.15, -0.1) is 0 Å². The maximum Gasteiger partial charge on any atom is 0.251 e. The van der Waals surface area contributed by atoms with E-state index in [-0.39, 0.29) is 24.3 Å². The van der Waals surface area contributed by atoms with Crippen LogP contribution in [-0.4, -0.2) is 37.1 Å². The van der Waals surface area contributed by atoms with E-state index in [0.717, 1.165) is 5.06 Å². The Morgan fingerprint density at radius 2 is 1.94 bits per heavy atom. The average molecular weight is 250 g/mol. The summed E-state index contributed by atoms with van der Waals surface area (Å²) in [5, 5.41) is 3.91. The number of amides is 2. The van der Waals surface area contributed by atoms with Gasteiger partial charge in [0.05, 0.1) is 7.11 Å². The van der Waals surface area contributed by atoms with Crippen molar-refractivity contribution in [3.05, 3.63) is 35.9 Å². The van der Waals surface area contributed by atoms with Crippen LogP contribution in [0.25, 0.3) is 0 Å². The molecule has 0 saturated carbocycles. The molecule has 0 aliphatic rings. The first kappa shape index (κ1) is 14.2. The van der Waals surface area contributed by atoms with E-state index < -0.39 is 0 Å². The summed E-state index contributed by atoms with van der Waals surface area (Å²) >= 11 is 0. The largest absolute Gasteiger partial charge is 0.349 e. The van der Waals surface area contributed by atoms with Crippen molar-refractivity contribution < 1.29 is 14.4 Å². The molecule has 98 valence electrons. The number of carbonyl (C=O) groups is 2. The molecule has 0 unspecified atom stereocenters. The van der Waals surface area contributed by atoms with E-state index in [4.69, 9.17) is 4.84 Å². The number of rotatable bonds is 5. The Morgan fingerprint density at radius 1 is 1.33 bits per heavy atom. The zero-order valence-corrected chi connectivity index (χ0v) is 10.8. The minimum Gasteiger partial charge on any atom is -0.349 e. The van der Waals surface area contributed by atoms with Crippen molar-refractivity contribution in [2.75, 3.05) is 14.2 Å². The lowest BCUT2D eigenvalue weighted by atomic mass is 10.1. The van der Waals surface area contributed by atoms with Gasteiger partial charge in [0.25, 0.3) is 5.91 Å². The molecule has 0 aliphatic carbocycles. The van der Waals surface area contributed by atoms with Crippen molar-refractivity contribution >= 4 is 11.8 Å². The standard InChI is InChI=1S/C13H18N2O3/c1-10(9-12(16)15(2)18-3)14-13(17)11-7-5-4-6-8-11/h4-8,10H,9H2,1-3H3,(H,14,17)/t10-/m0/s1. The van der Waals surface area contributed by atoms with Crippen LogP contribution in [-0.2, 0) is 9.63 Å². The Bertz CT molecular complexity index is 406. The van der Waals surface area contributed by atoms with Crippen LogP contribution >= 0.6 is 0 Å². The van der Waals surface area contributed by atoms with Crippen LogP contribution < -0.4 is 5.32 Å². The van der Waals surface area contributed by atoms with Gasteiger partial charge in [0.1, 0.15) is 0 Å². The second-order valence-electron chi connectivity index (χ2n) is 4.02. The SMILES string of the molecule is CON(C)C(=O)C[C@H](C)NC(=O)c1ccccc1. The highest BCUT2D eigenvalue weighted by atomic mass is 16.7. The normalized spacial score (nSPS) is 11.7. The predicted molar refractivity (Wildman–Crippen MR) is 67.8 cm³/mol. The number of carbonyl (C=O) groups excluding carboxylic acids is 2. The predicted octanol–water partition coefficient (Wildman–Crippen LogP) is 1.21. The Balaban J connectivity index is 2.48. The highest BCUT2D eigenvalue weighted by Crippen LogP contribution is 2.01. The van der Waals surface area contributed by atoms with Gasteiger partial charge in [-0.1, -0.05) is 18.2 Å². The average Bonchev–Trinajstić information content (AvgIpc) is 2.38. The third-order valence-electron chi connectivity index (χ3n) is 2.52. The Labute approximate surface area is 107 Å². The molecule has 0 spiro atoms. The van der Waals surface area contributed by atoms with Gasteiger partial charge in [0, 0.05) is 25.1 Å². The summed E-state index contributed by atoms with van der Waals surface area (Å²) in [5.41, 5.74) is 0.580. The van der Waals surface area contributed by atoms with Gasteiger partial charge in [-0.05, 0) is 19.1 Å². The summed E-state index contributed by atoms with van der Waals surface area (Å²) in [6.07, 6.45) is 0.197. The van der Waals surface area contributed by atoms with Gasteiger partial charge in [-0.25, -0.2) is 5.06 Å². The maximum absolute atomic E-state index is 11.8. The second kappa shape index (κ2) is 6.76. The highest BCUT2D eigenvalue weighted by Gasteiger charge is 2.15. The molecular weight excluding hydrogens is 232 g/mol. The molecule has 5 nitrogen and oxygen atoms in total. The lowest BCUT2D eigenvalue weighted by Gasteiger charge is -2.18. The second-order valence-corrected chi connectivity index (χ2v) is 4.02. The molecular formula is C13H18N2O3. The van der Waals surface area contributed by atoms with Gasteiger partial charge in [0.2, 0.25) is 5.91 Å². The van der Waals surface area contributed by atoms with Crippen LogP contribution in [0.15, 0.2) is 30.3 Å². The summed E-state index contributed by atoms with van der Waals surface area (Å²) < 4.78 is 0. The Hall–Kier alpha value is -1.88. The summed E-state index contributed by atoms with van der Waals surface area (Å²) in [4.78, 5) is 28.1. The van der Waals surface area contributed by atoms with Crippen LogP contribution in [0.3, 0.4) is 0 Å². The van der Waals surface area contributed by atoms with Crippen LogP contribution in [0.5, 0.6) is 0 Å². The van der Waals surface area contributed by atoms with Crippen LogP contribution in [0.1, 0.15) is 23.7 Å². The minimum atomic E-state index is -0.247. The fourth-order valence-corrected chi connectivity index (χ4v) is 1.44. The van der Waals surface area contributed by atoms with E-state index in [0.29, 0.717) is 5.56 Å². The maximum atomic E-state index is 11.8. The van der Waals surface area contributed by atoms with Crippen LogP contribution in [0.2, 0.25) is 0 Å². The van der Waals surface area contributed by atoms with Crippen molar-refractivity contribution in [2.45, 2.75) is 19.4 Å². The number of benzene rings is 1. The number of hydrogen-bond acceptors (Lipinski definition) is 3. The van der Waals surface area contributed by atoms with Crippen LogP contribution in [0, 0.1) is 0 Å². The van der Waals surface area contributed by atoms with E-state index in [1.54, 1.807) is 31.2 Å². The minimum absolute atomic E-state index is 0.182. The van der Waals surface area contributed by atoms with E-state index in [1.165, 1.54) is 14.2 Å². The van der Waals surface area contributed by atoms with E-state index >= 15 is 0 Å². The molecule has 0 saturated heterocycles. The van der Waals surface area contributed by atoms with Crippen molar-refractivity contribution in [3.8, 4) is 0 Å². The first-order chi connectivity index (χ1) is 8.54. The van der Waals surface area contributed by atoms with Crippen molar-refractivity contribution in [3.63, 3.8) is 0 Å². The first-order valence-corrected chi connectivity index (χ1v) is 5.71. The number of nitrogens with zero attached hydrogens (tertiary/aromatic N) is 1. The molecule has 0 radical (unpaired) electrons. The molecule has 1 N–H and O–H groups in total. The molecule has 1 aromatic carbocycles. The molecule has 0 heterocycles. The lowest BCUT2D eigenvalue weighted by molar-refractivity contribution is -0.169. The molecule has 1 atom stereocenters. The van der Waals surface area contributed by atoms with Crippen LogP contribution in [0.4, 0.5) is 0 Å². The molecule has 18 heavy (non-hydrogen) atoms. The third-order valence-corrected chi connectivity index (χ3v) is 2.52. The first-order valence-electron chi connectivity index (χ1n) is 5.71. The third kappa shape index (κ3) is 4.18. The zero-order valence-electron chi connectivity index (χ0n) is 10.8. The molecule has 5 heteroatoms. The zero-order chi connectivity index (χ0) is 13.5.